The number of benzene rings is 2. The molecule has 0 spiro atoms. The van der Waals surface area contributed by atoms with Crippen molar-refractivity contribution in [2.24, 2.45) is 0 Å². The molecule has 1 saturated carbocycles. The summed E-state index contributed by atoms with van der Waals surface area (Å²) >= 11 is 0. The molecule has 0 saturated heterocycles. The summed E-state index contributed by atoms with van der Waals surface area (Å²) in [6.45, 7) is 0. The first-order valence-corrected chi connectivity index (χ1v) is 15.4. The summed E-state index contributed by atoms with van der Waals surface area (Å²) in [6.07, 6.45) is 6.01. The highest BCUT2D eigenvalue weighted by Gasteiger charge is 2.27. The van der Waals surface area contributed by atoms with Crippen molar-refractivity contribution in [1.29, 1.82) is 0 Å². The number of aryl methyl sites for hydroxylation is 2. The van der Waals surface area contributed by atoms with Gasteiger partial charge in [-0.2, -0.15) is 20.4 Å². The Morgan fingerprint density at radius 3 is 1.37 bits per heavy atom. The molecule has 0 N–H and O–H groups in total. The Hall–Kier alpha value is -5.26. The fourth-order valence-electron chi connectivity index (χ4n) is 5.81. The van der Waals surface area contributed by atoms with E-state index in [-0.39, 0.29) is 47.6 Å². The van der Waals surface area contributed by atoms with Crippen molar-refractivity contribution in [3.63, 3.8) is 0 Å². The summed E-state index contributed by atoms with van der Waals surface area (Å²) in [7, 11) is 0. The van der Waals surface area contributed by atoms with Gasteiger partial charge in [0, 0.05) is 61.8 Å². The van der Waals surface area contributed by atoms with Gasteiger partial charge in [0.1, 0.15) is 11.6 Å². The normalized spacial score (nSPS) is 16.1. The van der Waals surface area contributed by atoms with Crippen LogP contribution in [-0.4, -0.2) is 41.8 Å². The van der Waals surface area contributed by atoms with Gasteiger partial charge in [-0.05, 0) is 67.5 Å². The number of carbonyl (C=O) groups is 2. The quantitative estimate of drug-likeness (QED) is 0.120. The van der Waals surface area contributed by atoms with Crippen LogP contribution in [-0.2, 0) is 35.3 Å². The number of Topliss-reactive ketones (excluding diaryl/α,β-unsaturated/α-hetero) is 2. The summed E-state index contributed by atoms with van der Waals surface area (Å²) in [5.41, 5.74) is 4.86. The van der Waals surface area contributed by atoms with Crippen LogP contribution in [0.25, 0.3) is 0 Å². The summed E-state index contributed by atoms with van der Waals surface area (Å²) in [5, 5.41) is 39.4. The predicted molar refractivity (Wildman–Crippen MR) is 168 cm³/mol. The molecule has 1 fully saturated rings. The molecule has 2 aromatic carbocycles. The van der Waals surface area contributed by atoms with Gasteiger partial charge in [0.15, 0.2) is 0 Å². The van der Waals surface area contributed by atoms with E-state index in [2.05, 4.69) is 20.4 Å². The number of hydrogen-bond acceptors (Lipinski definition) is 10. The highest BCUT2D eigenvalue weighted by atomic mass is 16.6. The van der Waals surface area contributed by atoms with Crippen molar-refractivity contribution in [3.05, 3.63) is 127 Å². The van der Waals surface area contributed by atoms with Gasteiger partial charge in [-0.3, -0.25) is 29.8 Å². The lowest BCUT2D eigenvalue weighted by atomic mass is 9.78. The Kier molecular flexibility index (Phi) is 10.6. The predicted octanol–water partition coefficient (Wildman–Crippen LogP) is 6.01. The minimum Gasteiger partial charge on any atom is -0.299 e. The van der Waals surface area contributed by atoms with Crippen molar-refractivity contribution in [2.45, 2.75) is 76.0 Å². The Morgan fingerprint density at radius 2 is 1.02 bits per heavy atom. The van der Waals surface area contributed by atoms with Gasteiger partial charge in [-0.1, -0.05) is 30.7 Å². The van der Waals surface area contributed by atoms with Crippen LogP contribution >= 0.6 is 0 Å². The first kappa shape index (κ1) is 32.1. The maximum atomic E-state index is 12.4. The Morgan fingerprint density at radius 1 is 0.609 bits per heavy atom. The monoisotopic (exact) mass is 622 g/mol. The fraction of sp³-hybridized carbons (Fsp3) is 0.353. The molecule has 0 amide bonds. The summed E-state index contributed by atoms with van der Waals surface area (Å²) in [6, 6.07) is 19.9. The van der Waals surface area contributed by atoms with Crippen molar-refractivity contribution in [2.75, 3.05) is 0 Å². The SMILES string of the molecule is O=C(CCc1ccc([C@H]2CCC[C@H](c3ccc(CCC(=O)Cc4ccc([N+](=O)[O-])cc4)nn3)C2)nn1)Cc1ccc([N+](=O)[O-])cc1. The number of aromatic nitrogens is 4. The van der Waals surface area contributed by atoms with E-state index in [1.54, 1.807) is 24.3 Å². The first-order valence-electron chi connectivity index (χ1n) is 15.4. The van der Waals surface area contributed by atoms with Gasteiger partial charge >= 0.3 is 0 Å². The molecule has 1 aliphatic rings. The van der Waals surface area contributed by atoms with Gasteiger partial charge in [-0.25, -0.2) is 0 Å². The van der Waals surface area contributed by atoms with E-state index >= 15 is 0 Å². The van der Waals surface area contributed by atoms with Gasteiger partial charge in [0.05, 0.1) is 32.6 Å². The van der Waals surface area contributed by atoms with E-state index in [0.29, 0.717) is 25.7 Å². The van der Waals surface area contributed by atoms with Crippen molar-refractivity contribution >= 4 is 22.9 Å². The van der Waals surface area contributed by atoms with Crippen LogP contribution in [0.15, 0.2) is 72.8 Å². The molecule has 46 heavy (non-hydrogen) atoms. The zero-order valence-corrected chi connectivity index (χ0v) is 25.3. The third-order valence-electron chi connectivity index (χ3n) is 8.41. The van der Waals surface area contributed by atoms with E-state index in [4.69, 9.17) is 0 Å². The number of nitro benzene ring substituents is 2. The Bertz CT molecular complexity index is 1550. The van der Waals surface area contributed by atoms with Gasteiger partial charge < -0.3 is 0 Å². The standard InChI is InChI=1S/C34H34N6O6/c41-31(20-23-4-12-29(13-5-23)39(43)44)16-8-27-10-18-33(37-35-27)25-2-1-3-26(22-25)34-19-11-28(36-38-34)9-17-32(42)21-24-6-14-30(15-7-24)40(45)46/h4-7,10-15,18-19,25-26H,1-3,8-9,16-17,20-22H2/t25-,26-/m0/s1. The molecule has 236 valence electrons. The molecule has 2 aromatic heterocycles. The van der Waals surface area contributed by atoms with Crippen LogP contribution in [0.1, 0.15) is 84.3 Å². The minimum atomic E-state index is -0.462. The van der Waals surface area contributed by atoms with E-state index < -0.39 is 9.85 Å². The Balaban J connectivity index is 1.07. The van der Waals surface area contributed by atoms with Crippen molar-refractivity contribution < 1.29 is 19.4 Å². The number of non-ortho nitro benzene ring substituents is 2. The molecule has 0 aliphatic heterocycles. The molecular weight excluding hydrogens is 588 g/mol. The van der Waals surface area contributed by atoms with Crippen molar-refractivity contribution in [3.8, 4) is 0 Å². The zero-order chi connectivity index (χ0) is 32.5. The second-order valence-corrected chi connectivity index (χ2v) is 11.7. The van der Waals surface area contributed by atoms with E-state index in [9.17, 15) is 29.8 Å². The third-order valence-corrected chi connectivity index (χ3v) is 8.41. The van der Waals surface area contributed by atoms with Crippen LogP contribution in [0.2, 0.25) is 0 Å². The maximum absolute atomic E-state index is 12.4. The van der Waals surface area contributed by atoms with E-state index in [1.807, 2.05) is 24.3 Å². The molecule has 12 heteroatoms. The maximum Gasteiger partial charge on any atom is 0.269 e. The lowest BCUT2D eigenvalue weighted by Crippen LogP contribution is -2.16. The topological polar surface area (TPSA) is 172 Å². The molecule has 0 unspecified atom stereocenters. The fourth-order valence-corrected chi connectivity index (χ4v) is 5.81. The second-order valence-electron chi connectivity index (χ2n) is 11.7. The first-order chi connectivity index (χ1) is 22.2. The van der Waals surface area contributed by atoms with Gasteiger partial charge in [-0.15, -0.1) is 0 Å². The molecule has 0 radical (unpaired) electrons. The molecule has 2 heterocycles. The molecule has 12 nitrogen and oxygen atoms in total. The highest BCUT2D eigenvalue weighted by molar-refractivity contribution is 5.81. The molecule has 5 rings (SSSR count). The third kappa shape index (κ3) is 8.90. The minimum absolute atomic E-state index is 0.00230. The number of rotatable bonds is 14. The molecule has 2 atom stereocenters. The van der Waals surface area contributed by atoms with Crippen LogP contribution < -0.4 is 0 Å². The smallest absolute Gasteiger partial charge is 0.269 e. The summed E-state index contributed by atoms with van der Waals surface area (Å²) in [5.74, 6) is 0.580. The molecule has 0 bridgehead atoms. The summed E-state index contributed by atoms with van der Waals surface area (Å²) < 4.78 is 0. The summed E-state index contributed by atoms with van der Waals surface area (Å²) in [4.78, 5) is 45.6. The number of hydrogen-bond donors (Lipinski definition) is 0. The van der Waals surface area contributed by atoms with Gasteiger partial charge in [0.2, 0.25) is 0 Å². The van der Waals surface area contributed by atoms with E-state index in [0.717, 1.165) is 59.6 Å². The van der Waals surface area contributed by atoms with E-state index in [1.165, 1.54) is 24.3 Å². The number of ketones is 2. The average Bonchev–Trinajstić information content (AvgIpc) is 3.07. The lowest BCUT2D eigenvalue weighted by Gasteiger charge is -2.28. The number of nitrogens with zero attached hydrogens (tertiary/aromatic N) is 6. The average molecular weight is 623 g/mol. The lowest BCUT2D eigenvalue weighted by molar-refractivity contribution is -0.385. The van der Waals surface area contributed by atoms with Gasteiger partial charge in [0.25, 0.3) is 11.4 Å². The molecule has 1 aliphatic carbocycles. The second kappa shape index (κ2) is 15.2. The molecular formula is C34H34N6O6. The van der Waals surface area contributed by atoms with Crippen LogP contribution in [0, 0.1) is 20.2 Å². The number of carbonyl (C=O) groups excluding carboxylic acids is 2. The zero-order valence-electron chi connectivity index (χ0n) is 25.3. The van der Waals surface area contributed by atoms with Crippen LogP contribution in [0.4, 0.5) is 11.4 Å². The Labute approximate surface area is 265 Å². The highest BCUT2D eigenvalue weighted by Crippen LogP contribution is 2.39. The molecule has 4 aromatic rings. The largest absolute Gasteiger partial charge is 0.299 e. The van der Waals surface area contributed by atoms with Crippen LogP contribution in [0.3, 0.4) is 0 Å². The van der Waals surface area contributed by atoms with Crippen LogP contribution in [0.5, 0.6) is 0 Å². The number of nitro groups is 2. The van der Waals surface area contributed by atoms with Crippen molar-refractivity contribution in [1.82, 2.24) is 20.4 Å².